The second kappa shape index (κ2) is 4.77. The molecule has 0 unspecified atom stereocenters. The first-order valence-corrected chi connectivity index (χ1v) is 5.50. The number of rotatable bonds is 2. The van der Waals surface area contributed by atoms with E-state index in [9.17, 15) is 13.6 Å². The summed E-state index contributed by atoms with van der Waals surface area (Å²) in [5.74, 6) is -3.31. The predicted octanol–water partition coefficient (Wildman–Crippen LogP) is 2.88. The van der Waals surface area contributed by atoms with Crippen molar-refractivity contribution in [3.05, 3.63) is 46.2 Å². The molecule has 0 amide bonds. The molecule has 0 aliphatic heterocycles. The highest BCUT2D eigenvalue weighted by molar-refractivity contribution is 9.10. The Labute approximate surface area is 108 Å². The van der Waals surface area contributed by atoms with E-state index in [2.05, 4.69) is 25.9 Å². The van der Waals surface area contributed by atoms with Gasteiger partial charge in [-0.15, -0.1) is 0 Å². The number of nitrogens with zero attached hydrogens (tertiary/aromatic N) is 2. The van der Waals surface area contributed by atoms with Crippen molar-refractivity contribution in [2.24, 2.45) is 0 Å². The van der Waals surface area contributed by atoms with Crippen LogP contribution in [-0.4, -0.2) is 21.0 Å². The first-order chi connectivity index (χ1) is 8.50. The van der Waals surface area contributed by atoms with E-state index in [0.29, 0.717) is 0 Å². The number of aromatic nitrogens is 2. The predicted molar refractivity (Wildman–Crippen MR) is 62.0 cm³/mol. The molecule has 7 heteroatoms. The van der Waals surface area contributed by atoms with Crippen molar-refractivity contribution in [3.63, 3.8) is 0 Å². The van der Waals surface area contributed by atoms with Crippen LogP contribution < -0.4 is 0 Å². The average molecular weight is 315 g/mol. The topological polar surface area (TPSA) is 63.1 Å². The fourth-order valence-electron chi connectivity index (χ4n) is 1.31. The first kappa shape index (κ1) is 12.6. The van der Waals surface area contributed by atoms with Crippen LogP contribution >= 0.6 is 15.9 Å². The fourth-order valence-corrected chi connectivity index (χ4v) is 1.81. The van der Waals surface area contributed by atoms with Gasteiger partial charge in [0.2, 0.25) is 0 Å². The Balaban J connectivity index is 2.59. The zero-order valence-corrected chi connectivity index (χ0v) is 10.3. The van der Waals surface area contributed by atoms with Crippen molar-refractivity contribution in [2.45, 2.75) is 0 Å². The molecular weight excluding hydrogens is 310 g/mol. The van der Waals surface area contributed by atoms with Crippen LogP contribution in [0, 0.1) is 11.6 Å². The van der Waals surface area contributed by atoms with Gasteiger partial charge in [-0.3, -0.25) is 0 Å². The molecule has 0 saturated heterocycles. The Morgan fingerprint density at radius 2 is 2.00 bits per heavy atom. The SMILES string of the molecule is O=C(O)c1ccnc(-c2ccc(F)c(F)c2Br)n1. The highest BCUT2D eigenvalue weighted by Gasteiger charge is 2.15. The third kappa shape index (κ3) is 2.21. The molecule has 0 spiro atoms. The van der Waals surface area contributed by atoms with Crippen LogP contribution in [0.15, 0.2) is 28.9 Å². The van der Waals surface area contributed by atoms with E-state index in [-0.39, 0.29) is 21.6 Å². The van der Waals surface area contributed by atoms with Crippen molar-refractivity contribution in [2.75, 3.05) is 0 Å². The number of benzene rings is 1. The van der Waals surface area contributed by atoms with Crippen molar-refractivity contribution >= 4 is 21.9 Å². The monoisotopic (exact) mass is 314 g/mol. The molecule has 0 aliphatic rings. The smallest absolute Gasteiger partial charge is 0.354 e. The molecule has 0 atom stereocenters. The zero-order chi connectivity index (χ0) is 13.3. The third-order valence-electron chi connectivity index (χ3n) is 2.15. The lowest BCUT2D eigenvalue weighted by Gasteiger charge is -2.05. The summed E-state index contributed by atoms with van der Waals surface area (Å²) in [6, 6.07) is 3.40. The van der Waals surface area contributed by atoms with Crippen molar-refractivity contribution in [3.8, 4) is 11.4 Å². The lowest BCUT2D eigenvalue weighted by atomic mass is 10.2. The van der Waals surface area contributed by atoms with Crippen LogP contribution in [0.3, 0.4) is 0 Å². The molecule has 0 aliphatic carbocycles. The lowest BCUT2D eigenvalue weighted by molar-refractivity contribution is 0.0690. The Morgan fingerprint density at radius 3 is 2.67 bits per heavy atom. The number of hydrogen-bond donors (Lipinski definition) is 1. The molecule has 2 aromatic rings. The zero-order valence-electron chi connectivity index (χ0n) is 8.69. The van der Waals surface area contributed by atoms with Gasteiger partial charge < -0.3 is 5.11 Å². The summed E-state index contributed by atoms with van der Waals surface area (Å²) >= 11 is 2.89. The fraction of sp³-hybridized carbons (Fsp3) is 0. The van der Waals surface area contributed by atoms with Crippen LogP contribution in [0.5, 0.6) is 0 Å². The van der Waals surface area contributed by atoms with Gasteiger partial charge in [0.15, 0.2) is 23.2 Å². The van der Waals surface area contributed by atoms with E-state index in [4.69, 9.17) is 5.11 Å². The number of hydrogen-bond acceptors (Lipinski definition) is 3. The minimum absolute atomic E-state index is 0.000625. The molecule has 92 valence electrons. The van der Waals surface area contributed by atoms with Gasteiger partial charge in [0.1, 0.15) is 0 Å². The van der Waals surface area contributed by atoms with Crippen LogP contribution in [0.1, 0.15) is 10.5 Å². The van der Waals surface area contributed by atoms with Gasteiger partial charge >= 0.3 is 5.97 Å². The quantitative estimate of drug-likeness (QED) is 0.866. The molecule has 1 heterocycles. The maximum atomic E-state index is 13.3. The van der Waals surface area contributed by atoms with E-state index in [1.165, 1.54) is 18.3 Å². The standard InChI is InChI=1S/C11H5BrF2N2O2/c12-8-5(1-2-6(13)9(8)14)10-15-4-3-7(16-10)11(17)18/h1-4H,(H,17,18). The normalized spacial score (nSPS) is 10.4. The number of carboxylic acids is 1. The largest absolute Gasteiger partial charge is 0.477 e. The molecule has 0 radical (unpaired) electrons. The summed E-state index contributed by atoms with van der Waals surface area (Å²) in [6.45, 7) is 0. The second-order valence-corrected chi connectivity index (χ2v) is 4.09. The van der Waals surface area contributed by atoms with Gasteiger partial charge in [0.05, 0.1) is 4.47 Å². The summed E-state index contributed by atoms with van der Waals surface area (Å²) in [6.07, 6.45) is 1.24. The van der Waals surface area contributed by atoms with Crippen LogP contribution in [0.25, 0.3) is 11.4 Å². The second-order valence-electron chi connectivity index (χ2n) is 3.29. The van der Waals surface area contributed by atoms with Crippen molar-refractivity contribution < 1.29 is 18.7 Å². The molecule has 18 heavy (non-hydrogen) atoms. The lowest BCUT2D eigenvalue weighted by Crippen LogP contribution is -2.03. The maximum absolute atomic E-state index is 13.3. The molecule has 0 bridgehead atoms. The number of carbonyl (C=O) groups is 1. The summed E-state index contributed by atoms with van der Waals surface area (Å²) in [7, 11) is 0. The van der Waals surface area contributed by atoms with Crippen LogP contribution in [-0.2, 0) is 0 Å². The number of halogens is 3. The average Bonchev–Trinajstić information content (AvgIpc) is 2.36. The van der Waals surface area contributed by atoms with Gasteiger partial charge in [-0.25, -0.2) is 23.5 Å². The Hall–Kier alpha value is -1.89. The van der Waals surface area contributed by atoms with Crippen molar-refractivity contribution in [1.29, 1.82) is 0 Å². The summed E-state index contributed by atoms with van der Waals surface area (Å²) in [5.41, 5.74) is -0.0476. The molecular formula is C11H5BrF2N2O2. The molecule has 2 rings (SSSR count). The molecule has 1 N–H and O–H groups in total. The number of carboxylic acid groups (broad SMARTS) is 1. The first-order valence-electron chi connectivity index (χ1n) is 4.71. The minimum Gasteiger partial charge on any atom is -0.477 e. The Morgan fingerprint density at radius 1 is 1.28 bits per heavy atom. The molecule has 0 saturated carbocycles. The minimum atomic E-state index is -1.22. The van der Waals surface area contributed by atoms with Gasteiger partial charge in [-0.1, -0.05) is 0 Å². The molecule has 4 nitrogen and oxygen atoms in total. The van der Waals surface area contributed by atoms with E-state index in [1.54, 1.807) is 0 Å². The summed E-state index contributed by atoms with van der Waals surface area (Å²) in [4.78, 5) is 18.3. The maximum Gasteiger partial charge on any atom is 0.354 e. The molecule has 0 fully saturated rings. The molecule has 1 aromatic carbocycles. The van der Waals surface area contributed by atoms with E-state index in [1.807, 2.05) is 0 Å². The van der Waals surface area contributed by atoms with E-state index >= 15 is 0 Å². The summed E-state index contributed by atoms with van der Waals surface area (Å²) in [5, 5.41) is 8.79. The van der Waals surface area contributed by atoms with Crippen LogP contribution in [0.2, 0.25) is 0 Å². The van der Waals surface area contributed by atoms with E-state index < -0.39 is 17.6 Å². The Kier molecular flexibility index (Phi) is 3.33. The van der Waals surface area contributed by atoms with Gasteiger partial charge in [-0.2, -0.15) is 0 Å². The van der Waals surface area contributed by atoms with Gasteiger partial charge in [0, 0.05) is 11.8 Å². The Bertz CT molecular complexity index is 634. The van der Waals surface area contributed by atoms with E-state index in [0.717, 1.165) is 6.07 Å². The van der Waals surface area contributed by atoms with Gasteiger partial charge in [-0.05, 0) is 34.1 Å². The highest BCUT2D eigenvalue weighted by atomic mass is 79.9. The van der Waals surface area contributed by atoms with Gasteiger partial charge in [0.25, 0.3) is 0 Å². The number of aromatic carboxylic acids is 1. The molecule has 1 aromatic heterocycles. The van der Waals surface area contributed by atoms with Crippen LogP contribution in [0.4, 0.5) is 8.78 Å². The summed E-state index contributed by atoms with van der Waals surface area (Å²) < 4.78 is 26.1. The highest BCUT2D eigenvalue weighted by Crippen LogP contribution is 2.29. The van der Waals surface area contributed by atoms with Crippen molar-refractivity contribution in [1.82, 2.24) is 9.97 Å². The third-order valence-corrected chi connectivity index (χ3v) is 2.93.